The van der Waals surface area contributed by atoms with Crippen molar-refractivity contribution in [3.63, 3.8) is 0 Å². The molecular formula is C13H18N2O. The minimum atomic E-state index is -0.139. The Kier molecular flexibility index (Phi) is 2.72. The van der Waals surface area contributed by atoms with Crippen LogP contribution in [0.4, 0.5) is 0 Å². The van der Waals surface area contributed by atoms with Gasteiger partial charge < -0.3 is 10.6 Å². The van der Waals surface area contributed by atoms with Crippen molar-refractivity contribution in [2.75, 3.05) is 14.1 Å². The zero-order valence-electron chi connectivity index (χ0n) is 9.86. The fourth-order valence-corrected chi connectivity index (χ4v) is 2.05. The SMILES string of the molecule is CN(C)C(=O)c1ccc(C2(N)CCC2)cc1. The van der Waals surface area contributed by atoms with Gasteiger partial charge in [0.15, 0.2) is 0 Å². The van der Waals surface area contributed by atoms with Gasteiger partial charge in [0.1, 0.15) is 0 Å². The highest BCUT2D eigenvalue weighted by Crippen LogP contribution is 2.38. The molecule has 0 aromatic heterocycles. The van der Waals surface area contributed by atoms with Gasteiger partial charge >= 0.3 is 0 Å². The third-order valence-electron chi connectivity index (χ3n) is 3.36. The fraction of sp³-hybridized carbons (Fsp3) is 0.462. The van der Waals surface area contributed by atoms with Crippen molar-refractivity contribution in [3.05, 3.63) is 35.4 Å². The predicted molar refractivity (Wildman–Crippen MR) is 64.2 cm³/mol. The lowest BCUT2D eigenvalue weighted by Gasteiger charge is -2.38. The zero-order chi connectivity index (χ0) is 11.8. The van der Waals surface area contributed by atoms with Crippen LogP contribution in [0.25, 0.3) is 0 Å². The van der Waals surface area contributed by atoms with Gasteiger partial charge in [-0.05, 0) is 37.0 Å². The van der Waals surface area contributed by atoms with Gasteiger partial charge in [-0.1, -0.05) is 12.1 Å². The number of hydrogen-bond donors (Lipinski definition) is 1. The summed E-state index contributed by atoms with van der Waals surface area (Å²) in [6, 6.07) is 7.70. The third-order valence-corrected chi connectivity index (χ3v) is 3.36. The second kappa shape index (κ2) is 3.91. The lowest BCUT2D eigenvalue weighted by molar-refractivity contribution is 0.0827. The van der Waals surface area contributed by atoms with Gasteiger partial charge in [-0.3, -0.25) is 4.79 Å². The lowest BCUT2D eigenvalue weighted by Crippen LogP contribution is -2.43. The number of carbonyl (C=O) groups excluding carboxylic acids is 1. The quantitative estimate of drug-likeness (QED) is 0.821. The van der Waals surface area contributed by atoms with Gasteiger partial charge in [0.25, 0.3) is 5.91 Å². The molecule has 3 heteroatoms. The molecule has 1 saturated carbocycles. The molecule has 1 fully saturated rings. The molecule has 0 unspecified atom stereocenters. The van der Waals surface area contributed by atoms with Crippen LogP contribution in [0.3, 0.4) is 0 Å². The van der Waals surface area contributed by atoms with E-state index in [0.717, 1.165) is 24.0 Å². The molecule has 2 rings (SSSR count). The van der Waals surface area contributed by atoms with E-state index in [4.69, 9.17) is 5.73 Å². The van der Waals surface area contributed by atoms with Crippen molar-refractivity contribution in [1.29, 1.82) is 0 Å². The Morgan fingerprint density at radius 1 is 1.25 bits per heavy atom. The number of benzene rings is 1. The van der Waals surface area contributed by atoms with Gasteiger partial charge in [-0.2, -0.15) is 0 Å². The van der Waals surface area contributed by atoms with E-state index in [0.29, 0.717) is 0 Å². The predicted octanol–water partition coefficient (Wildman–Crippen LogP) is 1.73. The minimum Gasteiger partial charge on any atom is -0.345 e. The summed E-state index contributed by atoms with van der Waals surface area (Å²) in [6.45, 7) is 0. The Balaban J connectivity index is 2.19. The van der Waals surface area contributed by atoms with E-state index >= 15 is 0 Å². The van der Waals surface area contributed by atoms with Gasteiger partial charge in [-0.25, -0.2) is 0 Å². The summed E-state index contributed by atoms with van der Waals surface area (Å²) in [5.74, 6) is 0.0335. The smallest absolute Gasteiger partial charge is 0.253 e. The Morgan fingerprint density at radius 3 is 2.19 bits per heavy atom. The van der Waals surface area contributed by atoms with Gasteiger partial charge in [0, 0.05) is 25.2 Å². The van der Waals surface area contributed by atoms with Crippen LogP contribution in [0, 0.1) is 0 Å². The van der Waals surface area contributed by atoms with E-state index in [-0.39, 0.29) is 11.4 Å². The largest absolute Gasteiger partial charge is 0.345 e. The molecule has 1 aliphatic rings. The number of amides is 1. The third kappa shape index (κ3) is 1.83. The summed E-state index contributed by atoms with van der Waals surface area (Å²) in [5.41, 5.74) is 7.94. The van der Waals surface area contributed by atoms with E-state index in [9.17, 15) is 4.79 Å². The molecule has 0 radical (unpaired) electrons. The first-order valence-electron chi connectivity index (χ1n) is 5.64. The maximum atomic E-state index is 11.7. The van der Waals surface area contributed by atoms with Crippen LogP contribution in [0.5, 0.6) is 0 Å². The molecule has 1 aromatic carbocycles. The number of nitrogens with zero attached hydrogens (tertiary/aromatic N) is 1. The summed E-state index contributed by atoms with van der Waals surface area (Å²) in [7, 11) is 3.51. The highest BCUT2D eigenvalue weighted by atomic mass is 16.2. The topological polar surface area (TPSA) is 46.3 Å². The Morgan fingerprint density at radius 2 is 1.81 bits per heavy atom. The van der Waals surface area contributed by atoms with Crippen molar-refractivity contribution in [3.8, 4) is 0 Å². The summed E-state index contributed by atoms with van der Waals surface area (Å²) < 4.78 is 0. The molecule has 0 atom stereocenters. The number of rotatable bonds is 2. The second-order valence-corrected chi connectivity index (χ2v) is 4.79. The molecule has 0 bridgehead atoms. The van der Waals surface area contributed by atoms with Crippen LogP contribution in [-0.2, 0) is 5.54 Å². The van der Waals surface area contributed by atoms with Crippen LogP contribution in [0.2, 0.25) is 0 Å². The summed E-state index contributed by atoms with van der Waals surface area (Å²) >= 11 is 0. The molecule has 0 spiro atoms. The molecule has 3 nitrogen and oxygen atoms in total. The van der Waals surface area contributed by atoms with E-state index < -0.39 is 0 Å². The molecule has 1 aliphatic carbocycles. The van der Waals surface area contributed by atoms with Crippen molar-refractivity contribution in [1.82, 2.24) is 4.90 Å². The van der Waals surface area contributed by atoms with Crippen LogP contribution in [-0.4, -0.2) is 24.9 Å². The van der Waals surface area contributed by atoms with Crippen LogP contribution in [0.1, 0.15) is 35.2 Å². The molecule has 1 aromatic rings. The van der Waals surface area contributed by atoms with Crippen molar-refractivity contribution < 1.29 is 4.79 Å². The summed E-state index contributed by atoms with van der Waals surface area (Å²) in [4.78, 5) is 13.3. The number of nitrogens with two attached hydrogens (primary N) is 1. The van der Waals surface area contributed by atoms with E-state index in [1.807, 2.05) is 24.3 Å². The number of hydrogen-bond acceptors (Lipinski definition) is 2. The number of carbonyl (C=O) groups is 1. The maximum absolute atomic E-state index is 11.7. The highest BCUT2D eigenvalue weighted by molar-refractivity contribution is 5.93. The normalized spacial score (nSPS) is 17.7. The molecule has 1 amide bonds. The van der Waals surface area contributed by atoms with Crippen molar-refractivity contribution in [2.24, 2.45) is 5.73 Å². The molecule has 16 heavy (non-hydrogen) atoms. The van der Waals surface area contributed by atoms with Crippen LogP contribution < -0.4 is 5.73 Å². The standard InChI is InChI=1S/C13H18N2O/c1-15(2)12(16)10-4-6-11(7-5-10)13(14)8-3-9-13/h4-7H,3,8-9,14H2,1-2H3. The van der Waals surface area contributed by atoms with E-state index in [2.05, 4.69) is 0 Å². The molecule has 2 N–H and O–H groups in total. The van der Waals surface area contributed by atoms with E-state index in [1.165, 1.54) is 6.42 Å². The summed E-state index contributed by atoms with van der Waals surface area (Å²) in [5, 5.41) is 0. The molecule has 0 saturated heterocycles. The minimum absolute atomic E-state index is 0.0335. The van der Waals surface area contributed by atoms with Gasteiger partial charge in [-0.15, -0.1) is 0 Å². The van der Waals surface area contributed by atoms with E-state index in [1.54, 1.807) is 19.0 Å². The van der Waals surface area contributed by atoms with Crippen LogP contribution >= 0.6 is 0 Å². The second-order valence-electron chi connectivity index (χ2n) is 4.79. The molecular weight excluding hydrogens is 200 g/mol. The van der Waals surface area contributed by atoms with Crippen molar-refractivity contribution in [2.45, 2.75) is 24.8 Å². The first-order valence-corrected chi connectivity index (χ1v) is 5.64. The first-order chi connectivity index (χ1) is 7.53. The van der Waals surface area contributed by atoms with Gasteiger partial charge in [0.05, 0.1) is 0 Å². The monoisotopic (exact) mass is 218 g/mol. The Labute approximate surface area is 96.2 Å². The summed E-state index contributed by atoms with van der Waals surface area (Å²) in [6.07, 6.45) is 3.30. The molecule has 0 aliphatic heterocycles. The lowest BCUT2D eigenvalue weighted by atomic mass is 9.73. The highest BCUT2D eigenvalue weighted by Gasteiger charge is 2.34. The average Bonchev–Trinajstić information content (AvgIpc) is 2.25. The molecule has 86 valence electrons. The van der Waals surface area contributed by atoms with Crippen LogP contribution in [0.15, 0.2) is 24.3 Å². The molecule has 0 heterocycles. The Bertz CT molecular complexity index is 391. The first kappa shape index (κ1) is 11.1. The van der Waals surface area contributed by atoms with Gasteiger partial charge in [0.2, 0.25) is 0 Å². The fourth-order valence-electron chi connectivity index (χ4n) is 2.05. The average molecular weight is 218 g/mol. The Hall–Kier alpha value is -1.35. The zero-order valence-corrected chi connectivity index (χ0v) is 9.86. The van der Waals surface area contributed by atoms with Crippen molar-refractivity contribution >= 4 is 5.91 Å². The maximum Gasteiger partial charge on any atom is 0.253 e.